The molecule has 0 saturated heterocycles. The largest absolute Gasteiger partial charge is 0.351 e. The molecule has 1 aromatic heterocycles. The molecular formula is C10H9FN4O2. The van der Waals surface area contributed by atoms with Gasteiger partial charge in [-0.2, -0.15) is 5.10 Å². The molecule has 3 amide bonds. The second-order valence-electron chi connectivity index (χ2n) is 3.39. The maximum Gasteiger partial charge on any atom is 0.318 e. The number of nitrogens with two attached hydrogens (primary N) is 1. The summed E-state index contributed by atoms with van der Waals surface area (Å²) < 4.78 is 14.7. The van der Waals surface area contributed by atoms with E-state index in [1.807, 2.05) is 5.32 Å². The van der Waals surface area contributed by atoms with E-state index >= 15 is 0 Å². The average Bonchev–Trinajstić information content (AvgIpc) is 2.61. The Labute approximate surface area is 95.2 Å². The monoisotopic (exact) mass is 236 g/mol. The number of imide groups is 1. The Morgan fingerprint density at radius 1 is 1.47 bits per heavy atom. The van der Waals surface area contributed by atoms with Gasteiger partial charge in [0.1, 0.15) is 17.9 Å². The molecule has 0 spiro atoms. The van der Waals surface area contributed by atoms with Crippen molar-refractivity contribution in [3.05, 3.63) is 30.2 Å². The predicted molar refractivity (Wildman–Crippen MR) is 57.4 cm³/mol. The molecule has 0 bridgehead atoms. The van der Waals surface area contributed by atoms with Crippen LogP contribution in [0.1, 0.15) is 0 Å². The number of nitrogens with zero attached hydrogens (tertiary/aromatic N) is 2. The number of fused-ring (bicyclic) bond motifs is 1. The normalized spacial score (nSPS) is 10.4. The Balaban J connectivity index is 2.30. The number of halogens is 1. The Bertz CT molecular complexity index is 593. The van der Waals surface area contributed by atoms with Crippen LogP contribution in [0.3, 0.4) is 0 Å². The minimum Gasteiger partial charge on any atom is -0.351 e. The molecule has 0 unspecified atom stereocenters. The van der Waals surface area contributed by atoms with Gasteiger partial charge in [-0.3, -0.25) is 14.8 Å². The highest BCUT2D eigenvalue weighted by Crippen LogP contribution is 2.16. The number of primary amides is 1. The number of hydrogen-bond donors (Lipinski definition) is 2. The smallest absolute Gasteiger partial charge is 0.318 e. The summed E-state index contributed by atoms with van der Waals surface area (Å²) in [5.41, 5.74) is 5.01. The molecule has 0 aliphatic rings. The molecule has 1 aromatic carbocycles. The SMILES string of the molecule is NC(=O)NC(=O)Cn1ncc2cccc(F)c21. The molecule has 0 radical (unpaired) electrons. The summed E-state index contributed by atoms with van der Waals surface area (Å²) in [7, 11) is 0. The van der Waals surface area contributed by atoms with Crippen molar-refractivity contribution in [2.45, 2.75) is 6.54 Å². The van der Waals surface area contributed by atoms with E-state index in [1.54, 1.807) is 12.1 Å². The van der Waals surface area contributed by atoms with Gasteiger partial charge in [-0.1, -0.05) is 12.1 Å². The lowest BCUT2D eigenvalue weighted by Gasteiger charge is -2.03. The van der Waals surface area contributed by atoms with E-state index in [4.69, 9.17) is 5.73 Å². The van der Waals surface area contributed by atoms with E-state index in [0.29, 0.717) is 5.39 Å². The zero-order chi connectivity index (χ0) is 12.4. The third kappa shape index (κ3) is 2.22. The van der Waals surface area contributed by atoms with Crippen LogP contribution in [0.2, 0.25) is 0 Å². The minimum absolute atomic E-state index is 0.215. The van der Waals surface area contributed by atoms with Gasteiger partial charge in [-0.15, -0.1) is 0 Å². The molecule has 0 fully saturated rings. The molecule has 0 aliphatic carbocycles. The lowest BCUT2D eigenvalue weighted by Crippen LogP contribution is -2.37. The lowest BCUT2D eigenvalue weighted by molar-refractivity contribution is -0.120. The number of benzene rings is 1. The molecular weight excluding hydrogens is 227 g/mol. The van der Waals surface area contributed by atoms with Crippen molar-refractivity contribution in [1.82, 2.24) is 15.1 Å². The van der Waals surface area contributed by atoms with Gasteiger partial charge in [-0.25, -0.2) is 9.18 Å². The zero-order valence-corrected chi connectivity index (χ0v) is 8.68. The summed E-state index contributed by atoms with van der Waals surface area (Å²) >= 11 is 0. The van der Waals surface area contributed by atoms with Gasteiger partial charge in [-0.05, 0) is 6.07 Å². The molecule has 7 heteroatoms. The molecule has 88 valence electrons. The summed E-state index contributed by atoms with van der Waals surface area (Å²) in [6.45, 7) is -0.270. The molecule has 0 atom stereocenters. The molecule has 0 saturated carbocycles. The van der Waals surface area contributed by atoms with Crippen LogP contribution in [-0.4, -0.2) is 21.7 Å². The molecule has 17 heavy (non-hydrogen) atoms. The van der Waals surface area contributed by atoms with E-state index in [0.717, 1.165) is 0 Å². The first-order valence-electron chi connectivity index (χ1n) is 4.77. The summed E-state index contributed by atoms with van der Waals surface area (Å²) in [6, 6.07) is 3.54. The predicted octanol–water partition coefficient (Wildman–Crippen LogP) is 0.370. The average molecular weight is 236 g/mol. The maximum atomic E-state index is 13.5. The lowest BCUT2D eigenvalue weighted by atomic mass is 10.2. The summed E-state index contributed by atoms with van der Waals surface area (Å²) in [5.74, 6) is -1.13. The van der Waals surface area contributed by atoms with E-state index in [9.17, 15) is 14.0 Å². The van der Waals surface area contributed by atoms with Crippen molar-refractivity contribution < 1.29 is 14.0 Å². The van der Waals surface area contributed by atoms with Gasteiger partial charge < -0.3 is 5.73 Å². The van der Waals surface area contributed by atoms with Crippen LogP contribution in [0.25, 0.3) is 10.9 Å². The topological polar surface area (TPSA) is 90.0 Å². The Hall–Kier alpha value is -2.44. The fourth-order valence-corrected chi connectivity index (χ4v) is 1.53. The molecule has 6 nitrogen and oxygen atoms in total. The van der Waals surface area contributed by atoms with Crippen molar-refractivity contribution in [1.29, 1.82) is 0 Å². The van der Waals surface area contributed by atoms with Crippen LogP contribution in [0.4, 0.5) is 9.18 Å². The summed E-state index contributed by atoms with van der Waals surface area (Å²) in [5, 5.41) is 6.33. The number of amides is 3. The molecule has 2 rings (SSSR count). The Morgan fingerprint density at radius 3 is 2.94 bits per heavy atom. The van der Waals surface area contributed by atoms with Gasteiger partial charge in [0.2, 0.25) is 5.91 Å². The van der Waals surface area contributed by atoms with E-state index in [2.05, 4.69) is 5.10 Å². The first-order valence-corrected chi connectivity index (χ1v) is 4.77. The van der Waals surface area contributed by atoms with Crippen LogP contribution in [0, 0.1) is 5.82 Å². The summed E-state index contributed by atoms with van der Waals surface area (Å²) in [4.78, 5) is 21.7. The Morgan fingerprint density at radius 2 is 2.24 bits per heavy atom. The van der Waals surface area contributed by atoms with Crippen LogP contribution in [0.15, 0.2) is 24.4 Å². The first-order chi connectivity index (χ1) is 8.08. The Kier molecular flexibility index (Phi) is 2.73. The second-order valence-corrected chi connectivity index (χ2v) is 3.39. The fraction of sp³-hybridized carbons (Fsp3) is 0.100. The quantitative estimate of drug-likeness (QED) is 0.789. The van der Waals surface area contributed by atoms with Crippen LogP contribution in [0.5, 0.6) is 0 Å². The fourth-order valence-electron chi connectivity index (χ4n) is 1.53. The zero-order valence-electron chi connectivity index (χ0n) is 8.68. The van der Waals surface area contributed by atoms with Gasteiger partial charge >= 0.3 is 6.03 Å². The van der Waals surface area contributed by atoms with Gasteiger partial charge in [0.25, 0.3) is 0 Å². The number of aromatic nitrogens is 2. The first kappa shape index (κ1) is 11.1. The van der Waals surface area contributed by atoms with Crippen molar-refractivity contribution in [3.8, 4) is 0 Å². The number of carbonyl (C=O) groups is 2. The molecule has 3 N–H and O–H groups in total. The highest BCUT2D eigenvalue weighted by atomic mass is 19.1. The number of para-hydroxylation sites is 1. The van der Waals surface area contributed by atoms with Crippen molar-refractivity contribution in [3.63, 3.8) is 0 Å². The number of carbonyl (C=O) groups excluding carboxylic acids is 2. The second kappa shape index (κ2) is 4.20. The number of urea groups is 1. The minimum atomic E-state index is -0.952. The third-order valence-corrected chi connectivity index (χ3v) is 2.17. The standard InChI is InChI=1S/C10H9FN4O2/c11-7-3-1-2-6-4-13-15(9(6)7)5-8(16)14-10(12)17/h1-4H,5H2,(H3,12,14,16,17). The van der Waals surface area contributed by atoms with Gasteiger partial charge in [0, 0.05) is 5.39 Å². The molecule has 0 aliphatic heterocycles. The van der Waals surface area contributed by atoms with Crippen LogP contribution in [-0.2, 0) is 11.3 Å². The van der Waals surface area contributed by atoms with Gasteiger partial charge in [0.15, 0.2) is 0 Å². The van der Waals surface area contributed by atoms with Crippen LogP contribution >= 0.6 is 0 Å². The van der Waals surface area contributed by atoms with E-state index in [1.165, 1.54) is 16.9 Å². The van der Waals surface area contributed by atoms with E-state index in [-0.39, 0.29) is 12.1 Å². The maximum absolute atomic E-state index is 13.5. The highest BCUT2D eigenvalue weighted by molar-refractivity contribution is 5.94. The summed E-state index contributed by atoms with van der Waals surface area (Å²) in [6.07, 6.45) is 1.44. The molecule has 1 heterocycles. The molecule has 2 aromatic rings. The van der Waals surface area contributed by atoms with Gasteiger partial charge in [0.05, 0.1) is 6.20 Å². The van der Waals surface area contributed by atoms with Crippen molar-refractivity contribution in [2.75, 3.05) is 0 Å². The van der Waals surface area contributed by atoms with Crippen molar-refractivity contribution in [2.24, 2.45) is 5.73 Å². The van der Waals surface area contributed by atoms with E-state index < -0.39 is 17.8 Å². The third-order valence-electron chi connectivity index (χ3n) is 2.17. The van der Waals surface area contributed by atoms with Crippen LogP contribution < -0.4 is 11.1 Å². The number of hydrogen-bond acceptors (Lipinski definition) is 3. The highest BCUT2D eigenvalue weighted by Gasteiger charge is 2.11. The van der Waals surface area contributed by atoms with Crippen molar-refractivity contribution >= 4 is 22.8 Å². The number of nitrogens with one attached hydrogen (secondary N) is 1. The number of rotatable bonds is 2.